The van der Waals surface area contributed by atoms with Crippen LogP contribution in [-0.4, -0.2) is 54.2 Å². The molecule has 0 spiro atoms. The molecule has 0 radical (unpaired) electrons. The maximum absolute atomic E-state index is 12.7. The lowest BCUT2D eigenvalue weighted by Gasteiger charge is -2.41. The minimum atomic E-state index is -0.917. The van der Waals surface area contributed by atoms with Crippen molar-refractivity contribution in [3.05, 3.63) is 0 Å². The summed E-state index contributed by atoms with van der Waals surface area (Å²) in [5, 5.41) is 8.92. The highest BCUT2D eigenvalue weighted by molar-refractivity contribution is 5.84. The van der Waals surface area contributed by atoms with Crippen molar-refractivity contribution in [1.29, 1.82) is 0 Å². The molecule has 0 aromatic carbocycles. The Bertz CT molecular complexity index is 320. The molecule has 0 aliphatic carbocycles. The predicted octanol–water partition coefficient (Wildman–Crippen LogP) is 0.454. The summed E-state index contributed by atoms with van der Waals surface area (Å²) in [4.78, 5) is 25.2. The Balaban J connectivity index is 2.89. The maximum Gasteiger partial charge on any atom is 0.305 e. The minimum Gasteiger partial charge on any atom is -0.481 e. The standard InChI is InChI=1S/C13H24N2O4/c1-3-13(4-2,9-14)12(18)15-5-6-19-8-10(15)7-11(16)17/h10H,3-9,14H2,1-2H3,(H,16,17). The Kier molecular flexibility index (Phi) is 5.75. The molecule has 1 rings (SSSR count). The van der Waals surface area contributed by atoms with Crippen molar-refractivity contribution < 1.29 is 19.4 Å². The van der Waals surface area contributed by atoms with E-state index in [4.69, 9.17) is 15.6 Å². The van der Waals surface area contributed by atoms with Crippen LogP contribution in [0.2, 0.25) is 0 Å². The minimum absolute atomic E-state index is 0.0328. The molecule has 1 aliphatic heterocycles. The van der Waals surface area contributed by atoms with Crippen LogP contribution in [0.15, 0.2) is 0 Å². The van der Waals surface area contributed by atoms with Crippen LogP contribution in [0.5, 0.6) is 0 Å². The van der Waals surface area contributed by atoms with Crippen molar-refractivity contribution in [2.75, 3.05) is 26.3 Å². The number of morpholine rings is 1. The van der Waals surface area contributed by atoms with Gasteiger partial charge in [-0.25, -0.2) is 0 Å². The number of ether oxygens (including phenoxy) is 1. The van der Waals surface area contributed by atoms with E-state index >= 15 is 0 Å². The number of carbonyl (C=O) groups excluding carboxylic acids is 1. The number of carboxylic acid groups (broad SMARTS) is 1. The van der Waals surface area contributed by atoms with E-state index in [-0.39, 0.29) is 31.5 Å². The van der Waals surface area contributed by atoms with Crippen LogP contribution in [0.4, 0.5) is 0 Å². The van der Waals surface area contributed by atoms with E-state index < -0.39 is 11.4 Å². The van der Waals surface area contributed by atoms with Crippen LogP contribution >= 0.6 is 0 Å². The summed E-state index contributed by atoms with van der Waals surface area (Å²) in [5.41, 5.74) is 5.21. The van der Waals surface area contributed by atoms with Gasteiger partial charge in [-0.15, -0.1) is 0 Å². The van der Waals surface area contributed by atoms with Crippen LogP contribution in [0.1, 0.15) is 33.1 Å². The van der Waals surface area contributed by atoms with Gasteiger partial charge >= 0.3 is 5.97 Å². The molecule has 1 atom stereocenters. The second-order valence-electron chi connectivity index (χ2n) is 5.02. The zero-order chi connectivity index (χ0) is 14.5. The number of carboxylic acids is 1. The first-order chi connectivity index (χ1) is 9.00. The van der Waals surface area contributed by atoms with E-state index in [0.29, 0.717) is 26.0 Å². The third kappa shape index (κ3) is 3.45. The summed E-state index contributed by atoms with van der Waals surface area (Å²) in [6.45, 7) is 5.36. The number of carbonyl (C=O) groups is 2. The molecule has 0 aromatic heterocycles. The monoisotopic (exact) mass is 272 g/mol. The third-order valence-electron chi connectivity index (χ3n) is 4.10. The number of rotatable bonds is 6. The molecule has 3 N–H and O–H groups in total. The number of nitrogens with two attached hydrogens (primary N) is 1. The number of hydrogen-bond acceptors (Lipinski definition) is 4. The fraction of sp³-hybridized carbons (Fsp3) is 0.846. The van der Waals surface area contributed by atoms with E-state index in [0.717, 1.165) is 0 Å². The Hall–Kier alpha value is -1.14. The highest BCUT2D eigenvalue weighted by Crippen LogP contribution is 2.29. The Morgan fingerprint density at radius 2 is 2.05 bits per heavy atom. The first kappa shape index (κ1) is 15.9. The molecule has 1 unspecified atom stereocenters. The molecular weight excluding hydrogens is 248 g/mol. The lowest BCUT2D eigenvalue weighted by atomic mass is 9.80. The fourth-order valence-corrected chi connectivity index (χ4v) is 2.53. The lowest BCUT2D eigenvalue weighted by molar-refractivity contribution is -0.154. The molecule has 1 aliphatic rings. The summed E-state index contributed by atoms with van der Waals surface area (Å²) < 4.78 is 5.29. The summed E-state index contributed by atoms with van der Waals surface area (Å²) in [6, 6.07) is -0.386. The molecule has 1 fully saturated rings. The molecule has 6 nitrogen and oxygen atoms in total. The topological polar surface area (TPSA) is 92.9 Å². The highest BCUT2D eigenvalue weighted by Gasteiger charge is 2.40. The summed E-state index contributed by atoms with van der Waals surface area (Å²) in [5.74, 6) is -0.950. The molecule has 110 valence electrons. The van der Waals surface area contributed by atoms with Gasteiger partial charge in [-0.05, 0) is 12.8 Å². The number of amides is 1. The molecular formula is C13H24N2O4. The zero-order valence-electron chi connectivity index (χ0n) is 11.7. The van der Waals surface area contributed by atoms with E-state index in [1.165, 1.54) is 0 Å². The van der Waals surface area contributed by atoms with Crippen LogP contribution < -0.4 is 5.73 Å². The van der Waals surface area contributed by atoms with Gasteiger partial charge in [-0.2, -0.15) is 0 Å². The number of nitrogens with zero attached hydrogens (tertiary/aromatic N) is 1. The highest BCUT2D eigenvalue weighted by atomic mass is 16.5. The molecule has 1 saturated heterocycles. The first-order valence-electron chi connectivity index (χ1n) is 6.81. The van der Waals surface area contributed by atoms with Crippen LogP contribution in [0.25, 0.3) is 0 Å². The Labute approximate surface area is 113 Å². The van der Waals surface area contributed by atoms with Crippen molar-refractivity contribution in [3.63, 3.8) is 0 Å². The van der Waals surface area contributed by atoms with Gasteiger partial charge in [0.05, 0.1) is 31.1 Å². The van der Waals surface area contributed by atoms with Gasteiger partial charge < -0.3 is 20.5 Å². The largest absolute Gasteiger partial charge is 0.481 e. The van der Waals surface area contributed by atoms with E-state index in [9.17, 15) is 9.59 Å². The molecule has 1 heterocycles. The van der Waals surface area contributed by atoms with Crippen LogP contribution in [0, 0.1) is 5.41 Å². The zero-order valence-corrected chi connectivity index (χ0v) is 11.7. The fourth-order valence-electron chi connectivity index (χ4n) is 2.53. The van der Waals surface area contributed by atoms with Gasteiger partial charge in [0, 0.05) is 13.1 Å². The third-order valence-corrected chi connectivity index (χ3v) is 4.10. The summed E-state index contributed by atoms with van der Waals surface area (Å²) in [7, 11) is 0. The van der Waals surface area contributed by atoms with Crippen LogP contribution in [0.3, 0.4) is 0 Å². The van der Waals surface area contributed by atoms with Gasteiger partial charge in [0.25, 0.3) is 0 Å². The van der Waals surface area contributed by atoms with Crippen molar-refractivity contribution in [2.45, 2.75) is 39.2 Å². The molecule has 0 aromatic rings. The normalized spacial score (nSPS) is 20.4. The average Bonchev–Trinajstić information content (AvgIpc) is 2.41. The van der Waals surface area contributed by atoms with Gasteiger partial charge in [-0.1, -0.05) is 13.8 Å². The average molecular weight is 272 g/mol. The molecule has 1 amide bonds. The van der Waals surface area contributed by atoms with Gasteiger partial charge in [0.15, 0.2) is 0 Å². The van der Waals surface area contributed by atoms with Gasteiger partial charge in [0.1, 0.15) is 0 Å². The molecule has 6 heteroatoms. The van der Waals surface area contributed by atoms with E-state index in [1.807, 2.05) is 13.8 Å². The van der Waals surface area contributed by atoms with Gasteiger partial charge in [0.2, 0.25) is 5.91 Å². The number of aliphatic carboxylic acids is 1. The SMILES string of the molecule is CCC(CC)(CN)C(=O)N1CCOCC1CC(=O)O. The Morgan fingerprint density at radius 3 is 2.53 bits per heavy atom. The molecule has 19 heavy (non-hydrogen) atoms. The number of hydrogen-bond donors (Lipinski definition) is 2. The predicted molar refractivity (Wildman–Crippen MR) is 70.6 cm³/mol. The Morgan fingerprint density at radius 1 is 1.42 bits per heavy atom. The maximum atomic E-state index is 12.7. The smallest absolute Gasteiger partial charge is 0.305 e. The second kappa shape index (κ2) is 6.86. The van der Waals surface area contributed by atoms with Crippen molar-refractivity contribution >= 4 is 11.9 Å². The quantitative estimate of drug-likeness (QED) is 0.732. The van der Waals surface area contributed by atoms with Crippen LogP contribution in [-0.2, 0) is 14.3 Å². The summed E-state index contributed by atoms with van der Waals surface area (Å²) >= 11 is 0. The summed E-state index contributed by atoms with van der Waals surface area (Å²) in [6.07, 6.45) is 1.24. The van der Waals surface area contributed by atoms with Gasteiger partial charge in [-0.3, -0.25) is 9.59 Å². The van der Waals surface area contributed by atoms with Crippen molar-refractivity contribution in [2.24, 2.45) is 11.1 Å². The first-order valence-corrected chi connectivity index (χ1v) is 6.81. The second-order valence-corrected chi connectivity index (χ2v) is 5.02. The van der Waals surface area contributed by atoms with Crippen molar-refractivity contribution in [1.82, 2.24) is 4.90 Å². The van der Waals surface area contributed by atoms with E-state index in [2.05, 4.69) is 0 Å². The molecule has 0 saturated carbocycles. The molecule has 0 bridgehead atoms. The lowest BCUT2D eigenvalue weighted by Crippen LogP contribution is -2.56. The van der Waals surface area contributed by atoms with Crippen molar-refractivity contribution in [3.8, 4) is 0 Å². The van der Waals surface area contributed by atoms with E-state index in [1.54, 1.807) is 4.90 Å².